The molecule has 0 unspecified atom stereocenters. The Labute approximate surface area is 124 Å². The van der Waals surface area contributed by atoms with Crippen molar-refractivity contribution in [3.05, 3.63) is 27.4 Å². The van der Waals surface area contributed by atoms with Crippen LogP contribution in [0.1, 0.15) is 0 Å². The third-order valence-electron chi connectivity index (χ3n) is 2.73. The zero-order valence-corrected chi connectivity index (χ0v) is 11.9. The summed E-state index contributed by atoms with van der Waals surface area (Å²) in [4.78, 5) is 37.6. The van der Waals surface area contributed by atoms with Gasteiger partial charge < -0.3 is 25.4 Å². The van der Waals surface area contributed by atoms with E-state index in [-0.39, 0.29) is 24.4 Å². The highest BCUT2D eigenvalue weighted by molar-refractivity contribution is 7.71. The van der Waals surface area contributed by atoms with Gasteiger partial charge in [0.15, 0.2) is 10.8 Å². The lowest BCUT2D eigenvalue weighted by atomic mass is 10.2. The summed E-state index contributed by atoms with van der Waals surface area (Å²) in [6, 6.07) is -0.185. The van der Waals surface area contributed by atoms with E-state index in [9.17, 15) is 14.4 Å². The molecule has 0 saturated carbocycles. The van der Waals surface area contributed by atoms with E-state index in [1.54, 1.807) is 0 Å². The first-order valence-corrected chi connectivity index (χ1v) is 6.44. The van der Waals surface area contributed by atoms with Crippen molar-refractivity contribution >= 4 is 24.1 Å². The normalized spacial score (nSPS) is 11.9. The Kier molecular flexibility index (Phi) is 6.21. The molecule has 1 rings (SSSR count). The molecule has 0 saturated heterocycles. The van der Waals surface area contributed by atoms with Crippen LogP contribution in [0.5, 0.6) is 0 Å². The van der Waals surface area contributed by atoms with Gasteiger partial charge in [-0.3, -0.25) is 14.6 Å². The number of aliphatic carboxylic acids is 1. The van der Waals surface area contributed by atoms with Crippen molar-refractivity contribution in [2.75, 3.05) is 19.7 Å². The second-order valence-corrected chi connectivity index (χ2v) is 4.54. The Balaban J connectivity index is 2.98. The number of hydrogen-bond donors (Lipinski definition) is 4. The number of amides is 1. The fraction of sp³-hybridized carbons (Fsp3) is 0.455. The van der Waals surface area contributed by atoms with Crippen LogP contribution in [0.4, 0.5) is 0 Å². The van der Waals surface area contributed by atoms with E-state index in [0.717, 1.165) is 4.90 Å². The molecule has 0 radical (unpaired) electrons. The Morgan fingerprint density at radius 2 is 2.19 bits per heavy atom. The molecule has 5 N–H and O–H groups in total. The molecule has 116 valence electrons. The molecule has 0 aliphatic carbocycles. The number of hydrogen-bond acceptors (Lipinski definition) is 6. The summed E-state index contributed by atoms with van der Waals surface area (Å²) in [5.74, 6) is -1.91. The third kappa shape index (κ3) is 4.48. The number of aliphatic hydroxyl groups excluding tert-OH is 1. The van der Waals surface area contributed by atoms with Crippen molar-refractivity contribution in [2.45, 2.75) is 12.6 Å². The van der Waals surface area contributed by atoms with E-state index in [1.807, 2.05) is 0 Å². The number of rotatable bonds is 7. The maximum atomic E-state index is 12.2. The maximum absolute atomic E-state index is 12.2. The maximum Gasteiger partial charge on any atom is 0.328 e. The molecule has 9 nitrogen and oxygen atoms in total. The standard InChI is InChI=1S/C11H16N4O5S/c12-2-4-15(7(6-16)10(19)20)9(18)5-14-3-1-8(17)13-11(14)21/h1,3,7,16H,2,4-6,12H2,(H,19,20)(H,13,17,21)/t7-/m1/s1. The van der Waals surface area contributed by atoms with Crippen LogP contribution < -0.4 is 11.3 Å². The molecule has 1 atom stereocenters. The van der Waals surface area contributed by atoms with E-state index in [1.165, 1.54) is 16.8 Å². The number of carbonyl (C=O) groups is 2. The van der Waals surface area contributed by atoms with Crippen LogP contribution in [0.2, 0.25) is 0 Å². The van der Waals surface area contributed by atoms with Gasteiger partial charge in [0.2, 0.25) is 5.91 Å². The van der Waals surface area contributed by atoms with Crippen LogP contribution in [0.3, 0.4) is 0 Å². The molecule has 0 spiro atoms. The zero-order valence-electron chi connectivity index (χ0n) is 11.1. The van der Waals surface area contributed by atoms with Gasteiger partial charge in [0, 0.05) is 25.4 Å². The number of H-pyrrole nitrogens is 1. The molecule has 0 aliphatic rings. The predicted molar refractivity (Wildman–Crippen MR) is 75.2 cm³/mol. The molecule has 1 heterocycles. The zero-order chi connectivity index (χ0) is 16.0. The van der Waals surface area contributed by atoms with Crippen molar-refractivity contribution in [1.29, 1.82) is 0 Å². The highest BCUT2D eigenvalue weighted by Gasteiger charge is 2.28. The van der Waals surface area contributed by atoms with Gasteiger partial charge >= 0.3 is 5.97 Å². The SMILES string of the molecule is NCCN(C(=O)Cn1ccc(=O)[nH]c1=S)[C@H](CO)C(=O)O. The fourth-order valence-corrected chi connectivity index (χ4v) is 1.93. The quantitative estimate of drug-likeness (QED) is 0.432. The second kappa shape index (κ2) is 7.67. The van der Waals surface area contributed by atoms with Crippen LogP contribution in [0.25, 0.3) is 0 Å². The molecule has 21 heavy (non-hydrogen) atoms. The smallest absolute Gasteiger partial charge is 0.328 e. The summed E-state index contributed by atoms with van der Waals surface area (Å²) in [5, 5.41) is 18.1. The number of carboxylic acids is 1. The van der Waals surface area contributed by atoms with E-state index in [0.29, 0.717) is 0 Å². The first kappa shape index (κ1) is 17.0. The van der Waals surface area contributed by atoms with Crippen LogP contribution >= 0.6 is 12.2 Å². The van der Waals surface area contributed by atoms with Gasteiger partial charge in [-0.15, -0.1) is 0 Å². The van der Waals surface area contributed by atoms with Gasteiger partial charge in [0.25, 0.3) is 5.56 Å². The molecular formula is C11H16N4O5S. The van der Waals surface area contributed by atoms with Crippen molar-refractivity contribution in [2.24, 2.45) is 5.73 Å². The molecular weight excluding hydrogens is 300 g/mol. The van der Waals surface area contributed by atoms with Gasteiger partial charge in [-0.2, -0.15) is 0 Å². The van der Waals surface area contributed by atoms with Crippen LogP contribution in [-0.4, -0.2) is 62.3 Å². The van der Waals surface area contributed by atoms with E-state index < -0.39 is 30.1 Å². The van der Waals surface area contributed by atoms with Gasteiger partial charge in [-0.25, -0.2) is 4.79 Å². The Hall–Kier alpha value is -2.04. The number of nitrogens with one attached hydrogen (secondary N) is 1. The number of aromatic amines is 1. The Morgan fingerprint density at radius 1 is 1.52 bits per heavy atom. The second-order valence-electron chi connectivity index (χ2n) is 4.15. The number of aromatic nitrogens is 2. The highest BCUT2D eigenvalue weighted by atomic mass is 32.1. The number of nitrogens with zero attached hydrogens (tertiary/aromatic N) is 2. The van der Waals surface area contributed by atoms with Crippen LogP contribution in [-0.2, 0) is 16.1 Å². The molecule has 1 aromatic heterocycles. The van der Waals surface area contributed by atoms with Gasteiger partial charge in [-0.05, 0) is 12.2 Å². The number of aliphatic hydroxyl groups is 1. The first-order valence-electron chi connectivity index (χ1n) is 6.03. The minimum Gasteiger partial charge on any atom is -0.480 e. The summed E-state index contributed by atoms with van der Waals surface area (Å²) in [7, 11) is 0. The third-order valence-corrected chi connectivity index (χ3v) is 3.06. The molecule has 0 bridgehead atoms. The Morgan fingerprint density at radius 3 is 2.67 bits per heavy atom. The lowest BCUT2D eigenvalue weighted by Crippen LogP contribution is -2.50. The summed E-state index contributed by atoms with van der Waals surface area (Å²) < 4.78 is 1.33. The highest BCUT2D eigenvalue weighted by Crippen LogP contribution is 2.02. The molecule has 0 fully saturated rings. The van der Waals surface area contributed by atoms with Gasteiger partial charge in [-0.1, -0.05) is 0 Å². The monoisotopic (exact) mass is 316 g/mol. The number of carboxylic acid groups (broad SMARTS) is 1. The largest absolute Gasteiger partial charge is 0.480 e. The summed E-state index contributed by atoms with van der Waals surface area (Å²) in [6.45, 7) is -0.961. The van der Waals surface area contributed by atoms with Crippen LogP contribution in [0, 0.1) is 4.77 Å². The predicted octanol–water partition coefficient (Wildman–Crippen LogP) is -1.86. The topological polar surface area (TPSA) is 142 Å². The fourth-order valence-electron chi connectivity index (χ4n) is 1.71. The molecule has 10 heteroatoms. The average molecular weight is 316 g/mol. The van der Waals surface area contributed by atoms with Crippen molar-refractivity contribution in [3.8, 4) is 0 Å². The molecule has 0 aliphatic heterocycles. The first-order chi connectivity index (χ1) is 9.90. The van der Waals surface area contributed by atoms with Gasteiger partial charge in [0.1, 0.15) is 6.54 Å². The van der Waals surface area contributed by atoms with Crippen molar-refractivity contribution in [3.63, 3.8) is 0 Å². The molecule has 1 amide bonds. The lowest BCUT2D eigenvalue weighted by Gasteiger charge is -2.27. The van der Waals surface area contributed by atoms with Crippen LogP contribution in [0.15, 0.2) is 17.1 Å². The lowest BCUT2D eigenvalue weighted by molar-refractivity contribution is -0.152. The minimum atomic E-state index is -1.38. The summed E-state index contributed by atoms with van der Waals surface area (Å²) in [5.41, 5.74) is 4.96. The van der Waals surface area contributed by atoms with Crippen molar-refractivity contribution in [1.82, 2.24) is 14.5 Å². The van der Waals surface area contributed by atoms with Gasteiger partial charge in [0.05, 0.1) is 6.61 Å². The molecule has 1 aromatic rings. The average Bonchev–Trinajstić information content (AvgIpc) is 2.41. The minimum absolute atomic E-state index is 0.0208. The molecule has 0 aromatic carbocycles. The van der Waals surface area contributed by atoms with E-state index in [4.69, 9.17) is 28.2 Å². The number of carbonyl (C=O) groups excluding carboxylic acids is 1. The van der Waals surface area contributed by atoms with E-state index >= 15 is 0 Å². The number of nitrogens with two attached hydrogens (primary N) is 1. The Bertz CT molecular complexity index is 626. The summed E-state index contributed by atoms with van der Waals surface area (Å²) in [6.07, 6.45) is 1.33. The van der Waals surface area contributed by atoms with Crippen molar-refractivity contribution < 1.29 is 19.8 Å². The van der Waals surface area contributed by atoms with E-state index in [2.05, 4.69) is 4.98 Å². The summed E-state index contributed by atoms with van der Waals surface area (Å²) >= 11 is 4.90.